The average molecular weight is 271 g/mol. The Bertz CT molecular complexity index is 343. The van der Waals surface area contributed by atoms with Gasteiger partial charge in [0.1, 0.15) is 0 Å². The smallest absolute Gasteiger partial charge is 0.221 e. The molecule has 2 N–H and O–H groups in total. The fourth-order valence-corrected chi connectivity index (χ4v) is 1.73. The van der Waals surface area contributed by atoms with Crippen molar-refractivity contribution in [3.63, 3.8) is 0 Å². The Morgan fingerprint density at radius 3 is 2.39 bits per heavy atom. The zero-order valence-corrected chi connectivity index (χ0v) is 12.1. The molecule has 0 spiro atoms. The summed E-state index contributed by atoms with van der Waals surface area (Å²) in [6.07, 6.45) is 0.530. The maximum absolute atomic E-state index is 11.6. The predicted octanol–water partition coefficient (Wildman–Crippen LogP) is 2.33. The quantitative estimate of drug-likeness (QED) is 0.833. The second-order valence-electron chi connectivity index (χ2n) is 4.41. The van der Waals surface area contributed by atoms with E-state index in [1.807, 2.05) is 25.2 Å². The molecule has 1 aromatic carbocycles. The number of carbonyl (C=O) groups excluding carboxylic acids is 1. The minimum atomic E-state index is 0. The van der Waals surface area contributed by atoms with E-state index < -0.39 is 0 Å². The van der Waals surface area contributed by atoms with E-state index in [0.717, 1.165) is 6.54 Å². The molecule has 1 rings (SSSR count). The first-order chi connectivity index (χ1) is 8.15. The molecule has 0 aromatic heterocycles. The Hall–Kier alpha value is -1.06. The third kappa shape index (κ3) is 5.52. The number of amides is 1. The van der Waals surface area contributed by atoms with Crippen LogP contribution in [0, 0.1) is 0 Å². The standard InChI is InChI=1S/C14H22N2O.ClH/c1-11(13-7-5-4-6-8-13)12(2)16-14(17)9-10-15-3;/h4-8,11-12,15H,9-10H2,1-3H3,(H,16,17);1H. The first kappa shape index (κ1) is 16.9. The second-order valence-corrected chi connectivity index (χ2v) is 4.41. The van der Waals surface area contributed by atoms with E-state index in [-0.39, 0.29) is 24.4 Å². The summed E-state index contributed by atoms with van der Waals surface area (Å²) in [7, 11) is 1.85. The monoisotopic (exact) mass is 270 g/mol. The van der Waals surface area contributed by atoms with Crippen molar-refractivity contribution < 1.29 is 4.79 Å². The summed E-state index contributed by atoms with van der Waals surface area (Å²) in [5, 5.41) is 6.01. The highest BCUT2D eigenvalue weighted by atomic mass is 35.5. The molecule has 0 fully saturated rings. The zero-order valence-electron chi connectivity index (χ0n) is 11.3. The number of hydrogen-bond acceptors (Lipinski definition) is 2. The molecular formula is C14H23ClN2O. The number of halogens is 1. The highest BCUT2D eigenvalue weighted by Gasteiger charge is 2.15. The van der Waals surface area contributed by atoms with Gasteiger partial charge in [0.05, 0.1) is 0 Å². The number of nitrogens with one attached hydrogen (secondary N) is 2. The van der Waals surface area contributed by atoms with Gasteiger partial charge in [-0.05, 0) is 19.5 Å². The van der Waals surface area contributed by atoms with E-state index in [2.05, 4.69) is 36.6 Å². The summed E-state index contributed by atoms with van der Waals surface area (Å²) in [5.41, 5.74) is 1.26. The van der Waals surface area contributed by atoms with Gasteiger partial charge in [-0.25, -0.2) is 0 Å². The first-order valence-electron chi connectivity index (χ1n) is 6.14. The van der Waals surface area contributed by atoms with Crippen LogP contribution < -0.4 is 10.6 Å². The van der Waals surface area contributed by atoms with Gasteiger partial charge in [0.25, 0.3) is 0 Å². The lowest BCUT2D eigenvalue weighted by Crippen LogP contribution is -2.37. The lowest BCUT2D eigenvalue weighted by Gasteiger charge is -2.21. The minimum absolute atomic E-state index is 0. The summed E-state index contributed by atoms with van der Waals surface area (Å²) in [5.74, 6) is 0.435. The summed E-state index contributed by atoms with van der Waals surface area (Å²) < 4.78 is 0. The fraction of sp³-hybridized carbons (Fsp3) is 0.500. The van der Waals surface area contributed by atoms with Crippen LogP contribution in [0.5, 0.6) is 0 Å². The van der Waals surface area contributed by atoms with Gasteiger partial charge >= 0.3 is 0 Å². The van der Waals surface area contributed by atoms with Crippen molar-refractivity contribution in [2.75, 3.05) is 13.6 Å². The summed E-state index contributed by atoms with van der Waals surface area (Å²) in [6.45, 7) is 4.91. The summed E-state index contributed by atoms with van der Waals surface area (Å²) in [6, 6.07) is 10.4. The van der Waals surface area contributed by atoms with Crippen LogP contribution in [0.15, 0.2) is 30.3 Å². The van der Waals surface area contributed by atoms with Gasteiger partial charge in [0.15, 0.2) is 0 Å². The molecule has 0 aliphatic heterocycles. The molecule has 2 atom stereocenters. The Labute approximate surface area is 116 Å². The van der Waals surface area contributed by atoms with Crippen LogP contribution in [0.25, 0.3) is 0 Å². The molecular weight excluding hydrogens is 248 g/mol. The zero-order chi connectivity index (χ0) is 12.7. The van der Waals surface area contributed by atoms with Crippen LogP contribution in [-0.4, -0.2) is 25.5 Å². The van der Waals surface area contributed by atoms with E-state index >= 15 is 0 Å². The van der Waals surface area contributed by atoms with Gasteiger partial charge in [-0.3, -0.25) is 4.79 Å². The number of rotatable bonds is 6. The van der Waals surface area contributed by atoms with Crippen LogP contribution in [-0.2, 0) is 4.79 Å². The van der Waals surface area contributed by atoms with Gasteiger partial charge in [0.2, 0.25) is 5.91 Å². The molecule has 102 valence electrons. The van der Waals surface area contributed by atoms with Crippen molar-refractivity contribution in [2.24, 2.45) is 0 Å². The summed E-state index contributed by atoms with van der Waals surface area (Å²) >= 11 is 0. The van der Waals surface area contributed by atoms with Gasteiger partial charge in [0, 0.05) is 24.9 Å². The predicted molar refractivity (Wildman–Crippen MR) is 78.3 cm³/mol. The maximum Gasteiger partial charge on any atom is 0.221 e. The van der Waals surface area contributed by atoms with Crippen molar-refractivity contribution in [3.05, 3.63) is 35.9 Å². The molecule has 18 heavy (non-hydrogen) atoms. The lowest BCUT2D eigenvalue weighted by molar-refractivity contribution is -0.121. The van der Waals surface area contributed by atoms with E-state index in [4.69, 9.17) is 0 Å². The number of hydrogen-bond donors (Lipinski definition) is 2. The maximum atomic E-state index is 11.6. The highest BCUT2D eigenvalue weighted by molar-refractivity contribution is 5.85. The minimum Gasteiger partial charge on any atom is -0.353 e. The fourth-order valence-electron chi connectivity index (χ4n) is 1.73. The van der Waals surface area contributed by atoms with Crippen LogP contribution in [0.2, 0.25) is 0 Å². The van der Waals surface area contributed by atoms with E-state index in [1.54, 1.807) is 0 Å². The highest BCUT2D eigenvalue weighted by Crippen LogP contribution is 2.18. The van der Waals surface area contributed by atoms with Crippen LogP contribution in [0.4, 0.5) is 0 Å². The molecule has 0 heterocycles. The Morgan fingerprint density at radius 2 is 1.83 bits per heavy atom. The Morgan fingerprint density at radius 1 is 1.22 bits per heavy atom. The molecule has 2 unspecified atom stereocenters. The average Bonchev–Trinajstić information content (AvgIpc) is 2.36. The van der Waals surface area contributed by atoms with Crippen LogP contribution in [0.1, 0.15) is 31.7 Å². The molecule has 0 radical (unpaired) electrons. The molecule has 0 aliphatic carbocycles. The largest absolute Gasteiger partial charge is 0.353 e. The lowest BCUT2D eigenvalue weighted by atomic mass is 9.94. The van der Waals surface area contributed by atoms with Gasteiger partial charge < -0.3 is 10.6 Å². The SMILES string of the molecule is CNCCC(=O)NC(C)C(C)c1ccccc1.Cl. The van der Waals surface area contributed by atoms with Crippen molar-refractivity contribution in [3.8, 4) is 0 Å². The topological polar surface area (TPSA) is 41.1 Å². The van der Waals surface area contributed by atoms with Crippen molar-refractivity contribution >= 4 is 18.3 Å². The second kappa shape index (κ2) is 8.95. The van der Waals surface area contributed by atoms with Gasteiger partial charge in [-0.1, -0.05) is 37.3 Å². The van der Waals surface area contributed by atoms with E-state index in [1.165, 1.54) is 5.56 Å². The Kier molecular flexibility index (Phi) is 8.42. The van der Waals surface area contributed by atoms with Crippen molar-refractivity contribution in [2.45, 2.75) is 32.2 Å². The third-order valence-corrected chi connectivity index (χ3v) is 3.07. The van der Waals surface area contributed by atoms with E-state index in [0.29, 0.717) is 12.3 Å². The molecule has 1 amide bonds. The molecule has 0 saturated carbocycles. The van der Waals surface area contributed by atoms with Crippen molar-refractivity contribution in [1.29, 1.82) is 0 Å². The van der Waals surface area contributed by atoms with Crippen molar-refractivity contribution in [1.82, 2.24) is 10.6 Å². The van der Waals surface area contributed by atoms with Gasteiger partial charge in [-0.15, -0.1) is 12.4 Å². The van der Waals surface area contributed by atoms with Crippen LogP contribution >= 0.6 is 12.4 Å². The molecule has 0 bridgehead atoms. The van der Waals surface area contributed by atoms with Gasteiger partial charge in [-0.2, -0.15) is 0 Å². The van der Waals surface area contributed by atoms with Crippen LogP contribution in [0.3, 0.4) is 0 Å². The molecule has 0 aliphatic rings. The number of carbonyl (C=O) groups is 1. The third-order valence-electron chi connectivity index (χ3n) is 3.07. The molecule has 0 saturated heterocycles. The summed E-state index contributed by atoms with van der Waals surface area (Å²) in [4.78, 5) is 11.6. The normalized spacial score (nSPS) is 13.3. The molecule has 1 aromatic rings. The molecule has 4 heteroatoms. The number of benzene rings is 1. The molecule has 3 nitrogen and oxygen atoms in total. The Balaban J connectivity index is 0.00000289. The van der Waals surface area contributed by atoms with E-state index in [9.17, 15) is 4.79 Å². The first-order valence-corrected chi connectivity index (χ1v) is 6.14.